The molecule has 0 radical (unpaired) electrons. The van der Waals surface area contributed by atoms with Crippen LogP contribution in [0.15, 0.2) is 0 Å². The second kappa shape index (κ2) is 11.4. The highest BCUT2D eigenvalue weighted by atomic mass is 17.2. The lowest BCUT2D eigenvalue weighted by atomic mass is 10.0. The van der Waals surface area contributed by atoms with Crippen LogP contribution < -0.4 is 0 Å². The summed E-state index contributed by atoms with van der Waals surface area (Å²) in [4.78, 5) is 69.0. The highest BCUT2D eigenvalue weighted by Gasteiger charge is 2.39. The molecule has 0 rings (SSSR count). The van der Waals surface area contributed by atoms with Gasteiger partial charge in [0.25, 0.3) is 0 Å². The second-order valence-electron chi connectivity index (χ2n) is 4.32. The Morgan fingerprint density at radius 1 is 0.875 bits per heavy atom. The number of hydrogen-bond donors (Lipinski definition) is 2. The van der Waals surface area contributed by atoms with Crippen molar-refractivity contribution in [3.8, 4) is 0 Å². The van der Waals surface area contributed by atoms with Crippen LogP contribution in [0.2, 0.25) is 0 Å². The van der Waals surface area contributed by atoms with Gasteiger partial charge in [-0.05, 0) is 0 Å². The molecule has 0 bridgehead atoms. The van der Waals surface area contributed by atoms with Crippen LogP contribution >= 0.6 is 0 Å². The molecule has 0 aromatic rings. The molecule has 0 amide bonds. The molecule has 0 saturated heterocycles. The lowest BCUT2D eigenvalue weighted by molar-refractivity contribution is -0.384. The third-order valence-corrected chi connectivity index (χ3v) is 2.15. The van der Waals surface area contributed by atoms with E-state index in [-0.39, 0.29) is 6.29 Å². The van der Waals surface area contributed by atoms with Crippen LogP contribution in [0.25, 0.3) is 0 Å². The van der Waals surface area contributed by atoms with Gasteiger partial charge in [0.05, 0.1) is 0 Å². The number of aliphatic hydroxyl groups is 2. The maximum atomic E-state index is 10.8. The number of aliphatic hydroxyl groups excluding tert-OH is 2. The van der Waals surface area contributed by atoms with Gasteiger partial charge in [-0.2, -0.15) is 14.7 Å². The normalized spacial score (nSPS) is 15.5. The van der Waals surface area contributed by atoms with E-state index in [0.717, 1.165) is 20.8 Å². The standard InChI is InChI=1S/C12H18O12/c1-6(14)20-19-5-10(18)12(24-22-8(3)16)11(9(17)4-13)23-21-7(2)15/h4,9-12,17-18H,5H2,1-3H3/t9-,10+,11+,12-/m0/s1. The average Bonchev–Trinajstić information content (AvgIpc) is 2.48. The summed E-state index contributed by atoms with van der Waals surface area (Å²) >= 11 is 0. The van der Waals surface area contributed by atoms with Gasteiger partial charge in [-0.15, -0.1) is 0 Å². The molecule has 0 saturated carbocycles. The Labute approximate surface area is 135 Å². The highest BCUT2D eigenvalue weighted by molar-refractivity contribution is 5.65. The zero-order chi connectivity index (χ0) is 18.7. The van der Waals surface area contributed by atoms with Gasteiger partial charge in [0.15, 0.2) is 18.5 Å². The molecule has 0 spiro atoms. The van der Waals surface area contributed by atoms with Crippen molar-refractivity contribution in [1.82, 2.24) is 0 Å². The third kappa shape index (κ3) is 9.12. The quantitative estimate of drug-likeness (QED) is 0.241. The maximum Gasteiger partial charge on any atom is 0.339 e. The minimum absolute atomic E-state index is 0.00205. The Morgan fingerprint density at radius 3 is 1.75 bits per heavy atom. The van der Waals surface area contributed by atoms with E-state index >= 15 is 0 Å². The minimum atomic E-state index is -1.94. The molecule has 0 fully saturated rings. The molecular weight excluding hydrogens is 336 g/mol. The van der Waals surface area contributed by atoms with E-state index in [1.54, 1.807) is 0 Å². The second-order valence-corrected chi connectivity index (χ2v) is 4.32. The molecule has 0 aromatic carbocycles. The molecule has 0 aliphatic rings. The van der Waals surface area contributed by atoms with Gasteiger partial charge in [0.1, 0.15) is 18.8 Å². The molecule has 0 aliphatic carbocycles. The van der Waals surface area contributed by atoms with Crippen LogP contribution in [0, 0.1) is 0 Å². The summed E-state index contributed by atoms with van der Waals surface area (Å²) in [6.07, 6.45) is -7.21. The summed E-state index contributed by atoms with van der Waals surface area (Å²) < 4.78 is 0. The number of carbonyl (C=O) groups is 4. The van der Waals surface area contributed by atoms with E-state index in [1.165, 1.54) is 0 Å². The first kappa shape index (κ1) is 21.9. The molecule has 4 atom stereocenters. The molecule has 138 valence electrons. The van der Waals surface area contributed by atoms with Gasteiger partial charge < -0.3 is 15.0 Å². The monoisotopic (exact) mass is 354 g/mol. The van der Waals surface area contributed by atoms with Crippen molar-refractivity contribution >= 4 is 24.2 Å². The van der Waals surface area contributed by atoms with Crippen LogP contribution in [0.1, 0.15) is 20.8 Å². The van der Waals surface area contributed by atoms with Gasteiger partial charge in [-0.1, -0.05) is 0 Å². The number of hydrogen-bond acceptors (Lipinski definition) is 12. The smallest absolute Gasteiger partial charge is 0.339 e. The van der Waals surface area contributed by atoms with E-state index in [2.05, 4.69) is 29.3 Å². The highest BCUT2D eigenvalue weighted by Crippen LogP contribution is 2.15. The fraction of sp³-hybridized carbons (Fsp3) is 0.667. The summed E-state index contributed by atoms with van der Waals surface area (Å²) in [6, 6.07) is 0. The molecule has 0 aliphatic heterocycles. The largest absolute Gasteiger partial charge is 0.388 e. The van der Waals surface area contributed by atoms with Crippen LogP contribution in [-0.2, 0) is 48.5 Å². The van der Waals surface area contributed by atoms with Gasteiger partial charge in [0, 0.05) is 20.8 Å². The molecule has 24 heavy (non-hydrogen) atoms. The lowest BCUT2D eigenvalue weighted by Gasteiger charge is -2.28. The molecule has 12 heteroatoms. The van der Waals surface area contributed by atoms with Crippen molar-refractivity contribution in [2.75, 3.05) is 6.61 Å². The van der Waals surface area contributed by atoms with E-state index in [1.807, 2.05) is 0 Å². The van der Waals surface area contributed by atoms with Crippen molar-refractivity contribution in [1.29, 1.82) is 0 Å². The minimum Gasteiger partial charge on any atom is -0.388 e. The number of aldehydes is 1. The topological polar surface area (TPSA) is 164 Å². The predicted molar refractivity (Wildman–Crippen MR) is 69.1 cm³/mol. The van der Waals surface area contributed by atoms with Gasteiger partial charge in [0.2, 0.25) is 0 Å². The molecule has 0 unspecified atom stereocenters. The number of rotatable bonds is 11. The van der Waals surface area contributed by atoms with Gasteiger partial charge in [-0.3, -0.25) is 14.7 Å². The Kier molecular flexibility index (Phi) is 10.4. The molecule has 0 aromatic heterocycles. The van der Waals surface area contributed by atoms with Crippen molar-refractivity contribution in [2.45, 2.75) is 45.2 Å². The maximum absolute atomic E-state index is 10.8. The van der Waals surface area contributed by atoms with E-state index in [9.17, 15) is 29.4 Å². The van der Waals surface area contributed by atoms with Crippen molar-refractivity contribution < 1.29 is 58.7 Å². The molecular formula is C12H18O12. The molecule has 0 heterocycles. The first-order chi connectivity index (χ1) is 11.2. The summed E-state index contributed by atoms with van der Waals surface area (Å²) in [5.41, 5.74) is 0. The van der Waals surface area contributed by atoms with Crippen LogP contribution in [0.4, 0.5) is 0 Å². The first-order valence-corrected chi connectivity index (χ1v) is 6.48. The Morgan fingerprint density at radius 2 is 1.33 bits per heavy atom. The van der Waals surface area contributed by atoms with Crippen molar-refractivity contribution in [3.63, 3.8) is 0 Å². The Bertz CT molecular complexity index is 436. The zero-order valence-corrected chi connectivity index (χ0v) is 13.1. The van der Waals surface area contributed by atoms with Crippen LogP contribution in [0.3, 0.4) is 0 Å². The molecule has 2 N–H and O–H groups in total. The van der Waals surface area contributed by atoms with E-state index < -0.39 is 48.9 Å². The summed E-state index contributed by atoms with van der Waals surface area (Å²) in [5.74, 6) is -2.68. The van der Waals surface area contributed by atoms with Gasteiger partial charge >= 0.3 is 17.9 Å². The summed E-state index contributed by atoms with van der Waals surface area (Å²) in [6.45, 7) is 2.25. The lowest BCUT2D eigenvalue weighted by Crippen LogP contribution is -2.50. The SMILES string of the molecule is CC(=O)OOC[C@@H](O)[C@H](OOC(C)=O)[C@H](OOC(C)=O)[C@@H](O)C=O. The summed E-state index contributed by atoms with van der Waals surface area (Å²) in [5, 5.41) is 19.5. The number of carbonyl (C=O) groups excluding carboxylic acids is 4. The Hall–Kier alpha value is -2.12. The third-order valence-electron chi connectivity index (χ3n) is 2.15. The van der Waals surface area contributed by atoms with Crippen molar-refractivity contribution in [2.24, 2.45) is 0 Å². The predicted octanol–water partition coefficient (Wildman–Crippen LogP) is -1.87. The fourth-order valence-corrected chi connectivity index (χ4v) is 1.25. The first-order valence-electron chi connectivity index (χ1n) is 6.48. The Balaban J connectivity index is 5.10. The van der Waals surface area contributed by atoms with Crippen LogP contribution in [-0.4, -0.2) is 65.4 Å². The average molecular weight is 354 g/mol. The summed E-state index contributed by atoms with van der Waals surface area (Å²) in [7, 11) is 0. The zero-order valence-electron chi connectivity index (χ0n) is 13.1. The van der Waals surface area contributed by atoms with E-state index in [0.29, 0.717) is 0 Å². The molecule has 12 nitrogen and oxygen atoms in total. The van der Waals surface area contributed by atoms with Crippen LogP contribution in [0.5, 0.6) is 0 Å². The van der Waals surface area contributed by atoms with Crippen molar-refractivity contribution in [3.05, 3.63) is 0 Å². The van der Waals surface area contributed by atoms with Gasteiger partial charge in [-0.25, -0.2) is 14.4 Å². The van der Waals surface area contributed by atoms with E-state index in [4.69, 9.17) is 0 Å². The fourth-order valence-electron chi connectivity index (χ4n) is 1.25.